The number of H-pyrrole nitrogens is 1. The van der Waals surface area contributed by atoms with Crippen LogP contribution in [0.5, 0.6) is 0 Å². The molecule has 0 radical (unpaired) electrons. The molecular formula is C20H16FN3O. The summed E-state index contributed by atoms with van der Waals surface area (Å²) in [7, 11) is 0. The Labute approximate surface area is 143 Å². The number of halogens is 1. The van der Waals surface area contributed by atoms with E-state index in [1.165, 1.54) is 12.1 Å². The van der Waals surface area contributed by atoms with Crippen molar-refractivity contribution < 1.29 is 9.18 Å². The third-order valence-electron chi connectivity index (χ3n) is 4.16. The van der Waals surface area contributed by atoms with Crippen LogP contribution in [0.3, 0.4) is 0 Å². The highest BCUT2D eigenvalue weighted by atomic mass is 19.1. The van der Waals surface area contributed by atoms with Crippen LogP contribution in [0, 0.1) is 5.82 Å². The van der Waals surface area contributed by atoms with Crippen molar-refractivity contribution >= 4 is 27.8 Å². The molecule has 0 fully saturated rings. The Morgan fingerprint density at radius 1 is 1.04 bits per heavy atom. The van der Waals surface area contributed by atoms with Gasteiger partial charge in [0.15, 0.2) is 0 Å². The van der Waals surface area contributed by atoms with Crippen LogP contribution >= 0.6 is 0 Å². The molecule has 0 aliphatic carbocycles. The molecule has 4 rings (SSSR count). The second-order valence-corrected chi connectivity index (χ2v) is 5.99. The van der Waals surface area contributed by atoms with Gasteiger partial charge < -0.3 is 10.3 Å². The van der Waals surface area contributed by atoms with E-state index in [4.69, 9.17) is 0 Å². The number of aromatic nitrogens is 2. The van der Waals surface area contributed by atoms with E-state index >= 15 is 0 Å². The third-order valence-corrected chi connectivity index (χ3v) is 4.16. The molecule has 0 unspecified atom stereocenters. The summed E-state index contributed by atoms with van der Waals surface area (Å²) < 4.78 is 13.2. The minimum absolute atomic E-state index is 0.0992. The van der Waals surface area contributed by atoms with E-state index in [-0.39, 0.29) is 18.1 Å². The SMILES string of the molecule is O=C(Cc1ccc2c(c1)[nH]c1cccnc12)NCc1cccc(F)c1. The highest BCUT2D eigenvalue weighted by Crippen LogP contribution is 2.24. The van der Waals surface area contributed by atoms with Crippen molar-refractivity contribution in [1.29, 1.82) is 0 Å². The smallest absolute Gasteiger partial charge is 0.224 e. The van der Waals surface area contributed by atoms with Gasteiger partial charge >= 0.3 is 0 Å². The monoisotopic (exact) mass is 333 g/mol. The summed E-state index contributed by atoms with van der Waals surface area (Å²) in [6.07, 6.45) is 2.04. The zero-order valence-electron chi connectivity index (χ0n) is 13.4. The zero-order valence-corrected chi connectivity index (χ0v) is 13.4. The van der Waals surface area contributed by atoms with Crippen LogP contribution in [0.2, 0.25) is 0 Å². The number of aromatic amines is 1. The Morgan fingerprint density at radius 2 is 1.96 bits per heavy atom. The lowest BCUT2D eigenvalue weighted by atomic mass is 10.1. The molecular weight excluding hydrogens is 317 g/mol. The number of nitrogens with one attached hydrogen (secondary N) is 2. The third kappa shape index (κ3) is 3.21. The van der Waals surface area contributed by atoms with Crippen molar-refractivity contribution in [1.82, 2.24) is 15.3 Å². The minimum atomic E-state index is -0.301. The number of carbonyl (C=O) groups is 1. The fourth-order valence-corrected chi connectivity index (χ4v) is 2.97. The second kappa shape index (κ2) is 6.36. The average Bonchev–Trinajstić information content (AvgIpc) is 2.98. The molecule has 0 atom stereocenters. The highest BCUT2D eigenvalue weighted by molar-refractivity contribution is 6.05. The van der Waals surface area contributed by atoms with Crippen LogP contribution in [0.25, 0.3) is 21.9 Å². The molecule has 0 spiro atoms. The number of carbonyl (C=O) groups excluding carboxylic acids is 1. The van der Waals surface area contributed by atoms with E-state index in [0.717, 1.165) is 33.1 Å². The number of fused-ring (bicyclic) bond motifs is 3. The van der Waals surface area contributed by atoms with Crippen LogP contribution in [-0.2, 0) is 17.8 Å². The van der Waals surface area contributed by atoms with Crippen LogP contribution in [0.1, 0.15) is 11.1 Å². The summed E-state index contributed by atoms with van der Waals surface area (Å²) in [5, 5.41) is 3.86. The first-order chi connectivity index (χ1) is 12.2. The Morgan fingerprint density at radius 3 is 2.84 bits per heavy atom. The average molecular weight is 333 g/mol. The summed E-state index contributed by atoms with van der Waals surface area (Å²) in [5.74, 6) is -0.400. The molecule has 0 bridgehead atoms. The molecule has 1 amide bonds. The number of pyridine rings is 1. The lowest BCUT2D eigenvalue weighted by molar-refractivity contribution is -0.120. The fraction of sp³-hybridized carbons (Fsp3) is 0.100. The standard InChI is InChI=1S/C20H16FN3O/c21-15-4-1-3-14(9-15)12-23-19(25)11-13-6-7-16-18(10-13)24-17-5-2-8-22-20(16)17/h1-10,24H,11-12H2,(H,23,25). The molecule has 4 nitrogen and oxygen atoms in total. The molecule has 124 valence electrons. The first kappa shape index (κ1) is 15.3. The summed E-state index contributed by atoms with van der Waals surface area (Å²) in [4.78, 5) is 19.9. The van der Waals surface area contributed by atoms with Gasteiger partial charge in [-0.25, -0.2) is 4.39 Å². The summed E-state index contributed by atoms with van der Waals surface area (Å²) in [5.41, 5.74) is 4.52. The predicted octanol–water partition coefficient (Wildman–Crippen LogP) is 3.71. The highest BCUT2D eigenvalue weighted by Gasteiger charge is 2.08. The van der Waals surface area contributed by atoms with E-state index < -0.39 is 0 Å². The van der Waals surface area contributed by atoms with Gasteiger partial charge in [-0.2, -0.15) is 0 Å². The maximum Gasteiger partial charge on any atom is 0.224 e. The number of amides is 1. The maximum absolute atomic E-state index is 13.2. The Hall–Kier alpha value is -3.21. The summed E-state index contributed by atoms with van der Waals surface area (Å²) >= 11 is 0. The van der Waals surface area contributed by atoms with E-state index in [9.17, 15) is 9.18 Å². The quantitative estimate of drug-likeness (QED) is 0.598. The number of benzene rings is 2. The lowest BCUT2D eigenvalue weighted by Gasteiger charge is -2.06. The summed E-state index contributed by atoms with van der Waals surface area (Å²) in [6, 6.07) is 16.0. The molecule has 0 aliphatic rings. The minimum Gasteiger partial charge on any atom is -0.353 e. The van der Waals surface area contributed by atoms with Gasteiger partial charge in [-0.1, -0.05) is 24.3 Å². The molecule has 0 saturated carbocycles. The molecule has 2 N–H and O–H groups in total. The van der Waals surface area contributed by atoms with Gasteiger partial charge in [0.2, 0.25) is 5.91 Å². The van der Waals surface area contributed by atoms with Crippen molar-refractivity contribution in [3.8, 4) is 0 Å². The predicted molar refractivity (Wildman–Crippen MR) is 95.6 cm³/mol. The molecule has 0 saturated heterocycles. The molecule has 4 aromatic rings. The topological polar surface area (TPSA) is 57.8 Å². The van der Waals surface area contributed by atoms with Crippen molar-refractivity contribution in [2.45, 2.75) is 13.0 Å². The van der Waals surface area contributed by atoms with Gasteiger partial charge in [0.25, 0.3) is 0 Å². The van der Waals surface area contributed by atoms with Gasteiger partial charge in [0.05, 0.1) is 17.5 Å². The summed E-state index contributed by atoms with van der Waals surface area (Å²) in [6.45, 7) is 0.315. The molecule has 0 aliphatic heterocycles. The Bertz CT molecular complexity index is 1070. The van der Waals surface area contributed by atoms with E-state index in [1.807, 2.05) is 30.3 Å². The second-order valence-electron chi connectivity index (χ2n) is 5.99. The molecule has 2 aromatic heterocycles. The number of nitrogens with zero attached hydrogens (tertiary/aromatic N) is 1. The number of hydrogen-bond donors (Lipinski definition) is 2. The van der Waals surface area contributed by atoms with Gasteiger partial charge in [-0.3, -0.25) is 9.78 Å². The zero-order chi connectivity index (χ0) is 17.2. The van der Waals surface area contributed by atoms with Crippen molar-refractivity contribution in [3.63, 3.8) is 0 Å². The van der Waals surface area contributed by atoms with Crippen LogP contribution < -0.4 is 5.32 Å². The number of hydrogen-bond acceptors (Lipinski definition) is 2. The van der Waals surface area contributed by atoms with Crippen LogP contribution in [-0.4, -0.2) is 15.9 Å². The molecule has 2 aromatic carbocycles. The van der Waals surface area contributed by atoms with Crippen molar-refractivity contribution in [2.24, 2.45) is 0 Å². The fourth-order valence-electron chi connectivity index (χ4n) is 2.97. The van der Waals surface area contributed by atoms with Crippen molar-refractivity contribution in [2.75, 3.05) is 0 Å². The van der Waals surface area contributed by atoms with E-state index in [0.29, 0.717) is 6.54 Å². The first-order valence-corrected chi connectivity index (χ1v) is 8.05. The van der Waals surface area contributed by atoms with Crippen LogP contribution in [0.4, 0.5) is 4.39 Å². The van der Waals surface area contributed by atoms with Gasteiger partial charge in [0, 0.05) is 23.6 Å². The molecule has 5 heteroatoms. The molecule has 25 heavy (non-hydrogen) atoms. The Balaban J connectivity index is 1.48. The van der Waals surface area contributed by atoms with E-state index in [2.05, 4.69) is 15.3 Å². The Kier molecular flexibility index (Phi) is 3.90. The van der Waals surface area contributed by atoms with Gasteiger partial charge in [-0.15, -0.1) is 0 Å². The first-order valence-electron chi connectivity index (χ1n) is 8.05. The maximum atomic E-state index is 13.2. The van der Waals surface area contributed by atoms with E-state index in [1.54, 1.807) is 18.3 Å². The van der Waals surface area contributed by atoms with Gasteiger partial charge in [-0.05, 0) is 41.5 Å². The molecule has 2 heterocycles. The normalized spacial score (nSPS) is 11.1. The lowest BCUT2D eigenvalue weighted by Crippen LogP contribution is -2.24. The number of rotatable bonds is 4. The largest absolute Gasteiger partial charge is 0.353 e. The van der Waals surface area contributed by atoms with Crippen molar-refractivity contribution in [3.05, 3.63) is 77.7 Å². The van der Waals surface area contributed by atoms with Crippen LogP contribution in [0.15, 0.2) is 60.8 Å². The van der Waals surface area contributed by atoms with Gasteiger partial charge in [0.1, 0.15) is 5.82 Å².